The van der Waals surface area contributed by atoms with Crippen LogP contribution in [0, 0.1) is 0 Å². The molecule has 5 rings (SSSR count). The fourth-order valence-electron chi connectivity index (χ4n) is 4.76. The number of fused-ring (bicyclic) bond motifs is 1. The van der Waals surface area contributed by atoms with Crippen LogP contribution in [0.1, 0.15) is 23.7 Å². The maximum Gasteiger partial charge on any atom is 0.256 e. The summed E-state index contributed by atoms with van der Waals surface area (Å²) in [5, 5.41) is 17.0. The van der Waals surface area contributed by atoms with Gasteiger partial charge in [0.1, 0.15) is 24.2 Å². The van der Waals surface area contributed by atoms with Crippen LogP contribution in [0.2, 0.25) is 5.02 Å². The third-order valence-corrected chi connectivity index (χ3v) is 7.32. The predicted molar refractivity (Wildman–Crippen MR) is 163 cm³/mol. The van der Waals surface area contributed by atoms with Gasteiger partial charge in [-0.05, 0) is 49.7 Å². The number of methoxy groups -OCH3 is 1. The van der Waals surface area contributed by atoms with Crippen molar-refractivity contribution in [2.75, 3.05) is 57.1 Å². The number of anilines is 3. The van der Waals surface area contributed by atoms with Gasteiger partial charge >= 0.3 is 0 Å². The maximum atomic E-state index is 12.5. The van der Waals surface area contributed by atoms with Crippen LogP contribution in [0.15, 0.2) is 61.1 Å². The quantitative estimate of drug-likeness (QED) is 0.216. The zero-order chi connectivity index (χ0) is 29.5. The average molecular weight is 592 g/mol. The third kappa shape index (κ3) is 7.42. The maximum absolute atomic E-state index is 12.5. The highest BCUT2D eigenvalue weighted by atomic mass is 35.5. The highest BCUT2D eigenvalue weighted by Crippen LogP contribution is 2.35. The number of ether oxygens (including phenoxy) is 2. The van der Waals surface area contributed by atoms with Gasteiger partial charge in [-0.15, -0.1) is 0 Å². The summed E-state index contributed by atoms with van der Waals surface area (Å²) in [6.45, 7) is 6.89. The van der Waals surface area contributed by atoms with E-state index in [4.69, 9.17) is 21.1 Å². The fraction of sp³-hybridized carbons (Fsp3) is 0.333. The van der Waals surface area contributed by atoms with Crippen molar-refractivity contribution < 1.29 is 19.4 Å². The SMILES string of the molecule is COc1cc2c(Nc3ccc(NC(=O)c4cccc(Cl)c4)nc3)ncnc2cc1OCCCN1CCN(C(C)O)CC1. The standard InChI is InChI=1S/C30H34ClN7O4/c1-20(39)38-12-10-37(11-13-38)9-4-14-42-27-17-25-24(16-26(27)41-2)29(34-19-33-25)35-23-7-8-28(32-18-23)36-30(40)21-5-3-6-22(31)15-21/h3,5-8,15-20,39H,4,9-14H2,1-2H3,(H,32,36,40)(H,33,34,35). The molecule has 0 radical (unpaired) electrons. The minimum absolute atomic E-state index is 0.298. The molecule has 2 aromatic carbocycles. The first kappa shape index (κ1) is 29.5. The molecule has 220 valence electrons. The Morgan fingerprint density at radius 1 is 1.07 bits per heavy atom. The summed E-state index contributed by atoms with van der Waals surface area (Å²) in [6, 6.07) is 13.9. The van der Waals surface area contributed by atoms with Crippen molar-refractivity contribution in [3.05, 3.63) is 71.6 Å². The van der Waals surface area contributed by atoms with E-state index in [-0.39, 0.29) is 5.91 Å². The van der Waals surface area contributed by atoms with E-state index in [0.717, 1.165) is 44.5 Å². The number of nitrogens with one attached hydrogen (secondary N) is 2. The second-order valence-electron chi connectivity index (χ2n) is 9.98. The van der Waals surface area contributed by atoms with Gasteiger partial charge in [-0.25, -0.2) is 15.0 Å². The molecule has 42 heavy (non-hydrogen) atoms. The Balaban J connectivity index is 1.19. The average Bonchev–Trinajstić information content (AvgIpc) is 3.00. The van der Waals surface area contributed by atoms with E-state index in [1.165, 1.54) is 6.33 Å². The number of benzene rings is 2. The fourth-order valence-corrected chi connectivity index (χ4v) is 4.95. The molecule has 1 amide bonds. The van der Waals surface area contributed by atoms with Crippen LogP contribution in [-0.4, -0.2) is 88.4 Å². The van der Waals surface area contributed by atoms with Crippen molar-refractivity contribution in [2.24, 2.45) is 0 Å². The first-order valence-corrected chi connectivity index (χ1v) is 14.2. The molecule has 1 atom stereocenters. The van der Waals surface area contributed by atoms with Crippen LogP contribution < -0.4 is 20.1 Å². The number of halogens is 1. The van der Waals surface area contributed by atoms with Crippen LogP contribution in [0.4, 0.5) is 17.3 Å². The predicted octanol–water partition coefficient (Wildman–Crippen LogP) is 4.41. The lowest BCUT2D eigenvalue weighted by Crippen LogP contribution is -2.49. The highest BCUT2D eigenvalue weighted by molar-refractivity contribution is 6.31. The molecule has 0 saturated carbocycles. The molecule has 1 fully saturated rings. The van der Waals surface area contributed by atoms with Gasteiger partial charge in [-0.1, -0.05) is 17.7 Å². The number of nitrogens with zero attached hydrogens (tertiary/aromatic N) is 5. The number of carbonyl (C=O) groups is 1. The molecular weight excluding hydrogens is 558 g/mol. The Bertz CT molecular complexity index is 1510. The van der Waals surface area contributed by atoms with E-state index in [2.05, 4.69) is 35.4 Å². The summed E-state index contributed by atoms with van der Waals surface area (Å²) in [6.07, 6.45) is 3.57. The number of amides is 1. The van der Waals surface area contributed by atoms with E-state index in [0.29, 0.717) is 51.5 Å². The molecule has 3 heterocycles. The Hall–Kier alpha value is -4.03. The summed E-state index contributed by atoms with van der Waals surface area (Å²) < 4.78 is 11.7. The number of hydrogen-bond donors (Lipinski definition) is 3. The van der Waals surface area contributed by atoms with Gasteiger partial charge in [0.25, 0.3) is 5.91 Å². The number of rotatable bonds is 11. The largest absolute Gasteiger partial charge is 0.493 e. The molecule has 0 spiro atoms. The summed E-state index contributed by atoms with van der Waals surface area (Å²) in [4.78, 5) is 30.1. The van der Waals surface area contributed by atoms with E-state index >= 15 is 0 Å². The van der Waals surface area contributed by atoms with Crippen molar-refractivity contribution in [3.63, 3.8) is 0 Å². The van der Waals surface area contributed by atoms with Crippen LogP contribution in [-0.2, 0) is 0 Å². The Morgan fingerprint density at radius 2 is 1.90 bits per heavy atom. The lowest BCUT2D eigenvalue weighted by atomic mass is 10.2. The summed E-state index contributed by atoms with van der Waals surface area (Å²) in [5.74, 6) is 1.90. The van der Waals surface area contributed by atoms with Crippen molar-refractivity contribution in [3.8, 4) is 11.5 Å². The first-order valence-electron chi connectivity index (χ1n) is 13.8. The molecule has 0 bridgehead atoms. The van der Waals surface area contributed by atoms with E-state index < -0.39 is 6.23 Å². The van der Waals surface area contributed by atoms with Crippen LogP contribution in [0.5, 0.6) is 11.5 Å². The van der Waals surface area contributed by atoms with Gasteiger partial charge in [0.2, 0.25) is 0 Å². The summed E-state index contributed by atoms with van der Waals surface area (Å²) >= 11 is 5.99. The monoisotopic (exact) mass is 591 g/mol. The molecule has 1 aliphatic rings. The molecule has 1 unspecified atom stereocenters. The van der Waals surface area contributed by atoms with Crippen LogP contribution in [0.25, 0.3) is 10.9 Å². The zero-order valence-corrected chi connectivity index (χ0v) is 24.3. The van der Waals surface area contributed by atoms with E-state index in [1.54, 1.807) is 49.7 Å². The van der Waals surface area contributed by atoms with Gasteiger partial charge in [0.05, 0.1) is 31.1 Å². The van der Waals surface area contributed by atoms with Crippen molar-refractivity contribution >= 4 is 45.7 Å². The molecule has 4 aromatic rings. The van der Waals surface area contributed by atoms with Crippen LogP contribution >= 0.6 is 11.6 Å². The molecule has 1 saturated heterocycles. The number of hydrogen-bond acceptors (Lipinski definition) is 10. The summed E-state index contributed by atoms with van der Waals surface area (Å²) in [7, 11) is 1.60. The highest BCUT2D eigenvalue weighted by Gasteiger charge is 2.19. The smallest absolute Gasteiger partial charge is 0.256 e. The molecule has 1 aliphatic heterocycles. The molecule has 2 aromatic heterocycles. The number of aliphatic hydroxyl groups is 1. The van der Waals surface area contributed by atoms with Gasteiger partial charge < -0.3 is 30.1 Å². The molecule has 11 nitrogen and oxygen atoms in total. The van der Waals surface area contributed by atoms with Crippen LogP contribution in [0.3, 0.4) is 0 Å². The molecule has 12 heteroatoms. The zero-order valence-electron chi connectivity index (χ0n) is 23.6. The third-order valence-electron chi connectivity index (χ3n) is 7.09. The minimum Gasteiger partial charge on any atom is -0.493 e. The lowest BCUT2D eigenvalue weighted by molar-refractivity contribution is -0.0133. The van der Waals surface area contributed by atoms with Gasteiger partial charge in [0, 0.05) is 54.8 Å². The Morgan fingerprint density at radius 3 is 2.62 bits per heavy atom. The van der Waals surface area contributed by atoms with Crippen molar-refractivity contribution in [1.29, 1.82) is 0 Å². The second-order valence-corrected chi connectivity index (χ2v) is 10.4. The van der Waals surface area contributed by atoms with Crippen molar-refractivity contribution in [2.45, 2.75) is 19.6 Å². The van der Waals surface area contributed by atoms with Gasteiger partial charge in [-0.3, -0.25) is 9.69 Å². The number of aliphatic hydroxyl groups excluding tert-OH is 1. The molecule has 3 N–H and O–H groups in total. The Labute approximate surface area is 249 Å². The lowest BCUT2D eigenvalue weighted by Gasteiger charge is -2.36. The normalized spacial score (nSPS) is 14.9. The number of aromatic nitrogens is 3. The van der Waals surface area contributed by atoms with Gasteiger partial charge in [0.15, 0.2) is 11.5 Å². The summed E-state index contributed by atoms with van der Waals surface area (Å²) in [5.41, 5.74) is 1.84. The minimum atomic E-state index is -0.396. The number of pyridine rings is 1. The molecular formula is C30H34ClN7O4. The number of piperazine rings is 1. The van der Waals surface area contributed by atoms with Gasteiger partial charge in [-0.2, -0.15) is 0 Å². The second kappa shape index (κ2) is 13.8. The molecule has 0 aliphatic carbocycles. The first-order chi connectivity index (χ1) is 20.4. The number of carbonyl (C=O) groups excluding carboxylic acids is 1. The van der Waals surface area contributed by atoms with E-state index in [9.17, 15) is 9.90 Å². The topological polar surface area (TPSA) is 125 Å². The van der Waals surface area contributed by atoms with E-state index in [1.807, 2.05) is 19.1 Å². The Kier molecular flexibility index (Phi) is 9.65. The van der Waals surface area contributed by atoms with Crippen molar-refractivity contribution in [1.82, 2.24) is 24.8 Å².